The van der Waals surface area contributed by atoms with Gasteiger partial charge < -0.3 is 10.1 Å². The Hall–Kier alpha value is -2.93. The monoisotopic (exact) mass is 329 g/mol. The normalized spacial score (nSPS) is 10.3. The van der Waals surface area contributed by atoms with E-state index in [9.17, 15) is 4.79 Å². The average Bonchev–Trinajstić information content (AvgIpc) is 3.09. The highest BCUT2D eigenvalue weighted by molar-refractivity contribution is 6.30. The third-order valence-electron chi connectivity index (χ3n) is 2.93. The van der Waals surface area contributed by atoms with Crippen LogP contribution < -0.4 is 10.1 Å². The molecule has 3 aromatic rings. The highest BCUT2D eigenvalue weighted by Gasteiger charge is 2.07. The standard InChI is InChI=1S/C15H12ClN5O2/c16-11-4-6-13(7-5-11)23-9-14(22)17-12-3-1-2-10(8-12)15-18-20-21-19-15/h1-8H,9H2,(H,17,22)(H,18,19,20,21). The van der Waals surface area contributed by atoms with Gasteiger partial charge in [0.25, 0.3) is 5.91 Å². The molecule has 1 amide bonds. The van der Waals surface area contributed by atoms with Gasteiger partial charge in [-0.05, 0) is 41.6 Å². The zero-order valence-corrected chi connectivity index (χ0v) is 12.6. The molecule has 3 rings (SSSR count). The number of anilines is 1. The topological polar surface area (TPSA) is 92.8 Å². The predicted molar refractivity (Wildman–Crippen MR) is 85.2 cm³/mol. The summed E-state index contributed by atoms with van der Waals surface area (Å²) in [7, 11) is 0. The van der Waals surface area contributed by atoms with E-state index in [1.807, 2.05) is 6.07 Å². The number of H-pyrrole nitrogens is 1. The lowest BCUT2D eigenvalue weighted by molar-refractivity contribution is -0.118. The van der Waals surface area contributed by atoms with Crippen molar-refractivity contribution in [2.75, 3.05) is 11.9 Å². The summed E-state index contributed by atoms with van der Waals surface area (Å²) < 4.78 is 5.39. The quantitative estimate of drug-likeness (QED) is 0.750. The van der Waals surface area contributed by atoms with Gasteiger partial charge in [-0.15, -0.1) is 10.2 Å². The molecule has 116 valence electrons. The molecule has 0 bridgehead atoms. The molecular weight excluding hydrogens is 318 g/mol. The first kappa shape index (κ1) is 15.0. The van der Waals surface area contributed by atoms with Crippen molar-refractivity contribution in [1.82, 2.24) is 20.6 Å². The Morgan fingerprint density at radius 3 is 2.78 bits per heavy atom. The first-order valence-corrected chi connectivity index (χ1v) is 7.10. The van der Waals surface area contributed by atoms with Crippen molar-refractivity contribution in [3.63, 3.8) is 0 Å². The van der Waals surface area contributed by atoms with Crippen LogP contribution in [0.1, 0.15) is 0 Å². The number of halogens is 1. The number of nitrogens with zero attached hydrogens (tertiary/aromatic N) is 3. The van der Waals surface area contributed by atoms with Crippen molar-refractivity contribution < 1.29 is 9.53 Å². The number of amides is 1. The fourth-order valence-electron chi connectivity index (χ4n) is 1.90. The number of aromatic nitrogens is 4. The Balaban J connectivity index is 1.59. The van der Waals surface area contributed by atoms with E-state index in [0.717, 1.165) is 5.56 Å². The number of hydrogen-bond donors (Lipinski definition) is 2. The van der Waals surface area contributed by atoms with Crippen molar-refractivity contribution in [2.24, 2.45) is 0 Å². The van der Waals surface area contributed by atoms with E-state index in [0.29, 0.717) is 22.3 Å². The number of nitrogens with one attached hydrogen (secondary N) is 2. The molecule has 0 aliphatic rings. The zero-order valence-electron chi connectivity index (χ0n) is 11.9. The van der Waals surface area contributed by atoms with Crippen LogP contribution in [0.5, 0.6) is 5.75 Å². The van der Waals surface area contributed by atoms with Gasteiger partial charge in [-0.1, -0.05) is 23.7 Å². The zero-order chi connectivity index (χ0) is 16.1. The molecule has 0 fully saturated rings. The Labute approximate surface area is 136 Å². The van der Waals surface area contributed by atoms with E-state index in [2.05, 4.69) is 25.9 Å². The van der Waals surface area contributed by atoms with E-state index < -0.39 is 0 Å². The molecule has 0 spiro atoms. The minimum absolute atomic E-state index is 0.103. The number of ether oxygens (including phenoxy) is 1. The van der Waals surface area contributed by atoms with Gasteiger partial charge in [0.2, 0.25) is 5.82 Å². The number of rotatable bonds is 5. The third-order valence-corrected chi connectivity index (χ3v) is 3.19. The molecule has 0 aliphatic carbocycles. The van der Waals surface area contributed by atoms with Gasteiger partial charge in [-0.2, -0.15) is 5.21 Å². The molecule has 0 unspecified atom stereocenters. The van der Waals surface area contributed by atoms with Crippen LogP contribution in [0.15, 0.2) is 48.5 Å². The van der Waals surface area contributed by atoms with Crippen LogP contribution in [0.2, 0.25) is 5.02 Å². The molecule has 8 heteroatoms. The van der Waals surface area contributed by atoms with E-state index >= 15 is 0 Å². The summed E-state index contributed by atoms with van der Waals surface area (Å²) in [6.07, 6.45) is 0. The smallest absolute Gasteiger partial charge is 0.262 e. The van der Waals surface area contributed by atoms with Gasteiger partial charge >= 0.3 is 0 Å². The van der Waals surface area contributed by atoms with Crippen LogP contribution in [0, 0.1) is 0 Å². The lowest BCUT2D eigenvalue weighted by Gasteiger charge is -2.08. The summed E-state index contributed by atoms with van der Waals surface area (Å²) >= 11 is 5.79. The second-order valence-electron chi connectivity index (χ2n) is 4.61. The molecule has 2 N–H and O–H groups in total. The van der Waals surface area contributed by atoms with Crippen molar-refractivity contribution in [3.05, 3.63) is 53.6 Å². The fraction of sp³-hybridized carbons (Fsp3) is 0.0667. The number of aromatic amines is 1. The largest absolute Gasteiger partial charge is 0.484 e. The van der Waals surface area contributed by atoms with Crippen LogP contribution in [-0.2, 0) is 4.79 Å². The van der Waals surface area contributed by atoms with Gasteiger partial charge in [0.05, 0.1) is 0 Å². The molecule has 23 heavy (non-hydrogen) atoms. The molecule has 0 radical (unpaired) electrons. The molecule has 0 saturated heterocycles. The van der Waals surface area contributed by atoms with Crippen LogP contribution in [0.4, 0.5) is 5.69 Å². The molecule has 1 heterocycles. The highest BCUT2D eigenvalue weighted by atomic mass is 35.5. The maximum Gasteiger partial charge on any atom is 0.262 e. The molecule has 0 aliphatic heterocycles. The minimum atomic E-state index is -0.273. The number of tetrazole rings is 1. The van der Waals surface area contributed by atoms with Crippen molar-refractivity contribution in [1.29, 1.82) is 0 Å². The number of carbonyl (C=O) groups excluding carboxylic acids is 1. The minimum Gasteiger partial charge on any atom is -0.484 e. The maximum absolute atomic E-state index is 11.9. The number of hydrogen-bond acceptors (Lipinski definition) is 5. The van der Waals surface area contributed by atoms with E-state index in [-0.39, 0.29) is 12.5 Å². The van der Waals surface area contributed by atoms with Gasteiger partial charge in [0, 0.05) is 16.3 Å². The van der Waals surface area contributed by atoms with Gasteiger partial charge in [0.15, 0.2) is 6.61 Å². The van der Waals surface area contributed by atoms with Gasteiger partial charge in [-0.3, -0.25) is 4.79 Å². The SMILES string of the molecule is O=C(COc1ccc(Cl)cc1)Nc1cccc(-c2nn[nH]n2)c1. The van der Waals surface area contributed by atoms with Crippen LogP contribution in [0.3, 0.4) is 0 Å². The molecule has 0 atom stereocenters. The first-order chi connectivity index (χ1) is 11.2. The number of benzene rings is 2. The summed E-state index contributed by atoms with van der Waals surface area (Å²) in [5.74, 6) is 0.758. The lowest BCUT2D eigenvalue weighted by Crippen LogP contribution is -2.20. The van der Waals surface area contributed by atoms with Crippen LogP contribution in [0.25, 0.3) is 11.4 Å². The number of carbonyl (C=O) groups is 1. The Morgan fingerprint density at radius 1 is 1.22 bits per heavy atom. The maximum atomic E-state index is 11.9. The average molecular weight is 330 g/mol. The molecule has 7 nitrogen and oxygen atoms in total. The third kappa shape index (κ3) is 4.04. The van der Waals surface area contributed by atoms with Crippen LogP contribution >= 0.6 is 11.6 Å². The summed E-state index contributed by atoms with van der Waals surface area (Å²) in [5, 5.41) is 17.0. The summed E-state index contributed by atoms with van der Waals surface area (Å²) in [4.78, 5) is 11.9. The second kappa shape index (κ2) is 6.89. The Bertz CT molecular complexity index is 790. The molecule has 0 saturated carbocycles. The van der Waals surface area contributed by atoms with E-state index in [4.69, 9.17) is 16.3 Å². The predicted octanol–water partition coefficient (Wildman–Crippen LogP) is 2.54. The van der Waals surface area contributed by atoms with Crippen LogP contribution in [-0.4, -0.2) is 33.1 Å². The van der Waals surface area contributed by atoms with Gasteiger partial charge in [0.1, 0.15) is 5.75 Å². The van der Waals surface area contributed by atoms with Crippen molar-refractivity contribution >= 4 is 23.2 Å². The summed E-state index contributed by atoms with van der Waals surface area (Å²) in [5.41, 5.74) is 1.37. The highest BCUT2D eigenvalue weighted by Crippen LogP contribution is 2.18. The van der Waals surface area contributed by atoms with E-state index in [1.54, 1.807) is 42.5 Å². The first-order valence-electron chi connectivity index (χ1n) is 6.73. The van der Waals surface area contributed by atoms with Gasteiger partial charge in [-0.25, -0.2) is 0 Å². The Kier molecular flexibility index (Phi) is 4.49. The Morgan fingerprint density at radius 2 is 2.04 bits per heavy atom. The van der Waals surface area contributed by atoms with Crippen molar-refractivity contribution in [3.8, 4) is 17.1 Å². The van der Waals surface area contributed by atoms with Crippen molar-refractivity contribution in [2.45, 2.75) is 0 Å². The summed E-state index contributed by atoms with van der Waals surface area (Å²) in [6, 6.07) is 13.9. The molecule has 1 aromatic heterocycles. The lowest BCUT2D eigenvalue weighted by atomic mass is 10.2. The molecule has 2 aromatic carbocycles. The molecular formula is C15H12ClN5O2. The fourth-order valence-corrected chi connectivity index (χ4v) is 2.02. The second-order valence-corrected chi connectivity index (χ2v) is 5.04. The van der Waals surface area contributed by atoms with E-state index in [1.165, 1.54) is 0 Å². The summed E-state index contributed by atoms with van der Waals surface area (Å²) in [6.45, 7) is -0.103.